The molecule has 1 aromatic heterocycles. The van der Waals surface area contributed by atoms with Crippen LogP contribution in [0, 0.1) is 26.6 Å². The quantitative estimate of drug-likeness (QED) is 0.776. The molecule has 3 rings (SSSR count). The monoisotopic (exact) mass is 352 g/mol. The Hall–Kier alpha value is -3.02. The van der Waals surface area contributed by atoms with E-state index >= 15 is 0 Å². The number of nitrogens with one attached hydrogen (secondary N) is 1. The van der Waals surface area contributed by atoms with Gasteiger partial charge in [0.2, 0.25) is 5.91 Å². The number of hydrogen-bond donors (Lipinski definition) is 1. The van der Waals surface area contributed by atoms with Crippen LogP contribution in [0.5, 0.6) is 0 Å². The molecule has 0 radical (unpaired) electrons. The van der Waals surface area contributed by atoms with Crippen LogP contribution in [0.25, 0.3) is 10.9 Å². The first-order valence-corrected chi connectivity index (χ1v) is 8.35. The summed E-state index contributed by atoms with van der Waals surface area (Å²) in [5.74, 6) is -0.0531. The third-order valence-electron chi connectivity index (χ3n) is 4.28. The van der Waals surface area contributed by atoms with E-state index in [1.165, 1.54) is 12.4 Å². The number of rotatable bonds is 4. The maximum Gasteiger partial charge on any atom is 0.243 e. The molecule has 0 saturated heterocycles. The Morgan fingerprint density at radius 2 is 1.85 bits per heavy atom. The van der Waals surface area contributed by atoms with Crippen molar-refractivity contribution in [1.29, 1.82) is 0 Å². The van der Waals surface area contributed by atoms with Crippen molar-refractivity contribution in [3.05, 3.63) is 59.2 Å². The third-order valence-corrected chi connectivity index (χ3v) is 4.28. The Bertz CT molecular complexity index is 964. The highest BCUT2D eigenvalue weighted by Gasteiger charge is 2.15. The highest BCUT2D eigenvalue weighted by Crippen LogP contribution is 2.24. The Labute approximate surface area is 151 Å². The van der Waals surface area contributed by atoms with E-state index in [9.17, 15) is 9.18 Å². The van der Waals surface area contributed by atoms with Gasteiger partial charge in [-0.15, -0.1) is 0 Å². The molecule has 1 N–H and O–H groups in total. The minimum Gasteiger partial charge on any atom is -0.350 e. The van der Waals surface area contributed by atoms with Crippen molar-refractivity contribution in [1.82, 2.24) is 9.97 Å². The van der Waals surface area contributed by atoms with Gasteiger partial charge in [-0.25, -0.2) is 14.4 Å². The van der Waals surface area contributed by atoms with E-state index in [-0.39, 0.29) is 18.0 Å². The van der Waals surface area contributed by atoms with E-state index < -0.39 is 5.82 Å². The summed E-state index contributed by atoms with van der Waals surface area (Å²) in [6.07, 6.45) is 1.31. The first-order chi connectivity index (χ1) is 12.4. The van der Waals surface area contributed by atoms with Gasteiger partial charge < -0.3 is 10.2 Å². The molecule has 1 heterocycles. The lowest BCUT2D eigenvalue weighted by molar-refractivity contribution is -0.114. The number of para-hydroxylation sites is 1. The SMILES string of the molecule is Cc1cc(C)c(NC(=O)CN(C)c2ncnc3c(F)cccc23)c(C)c1. The molecule has 2 aromatic carbocycles. The van der Waals surface area contributed by atoms with Crippen LogP contribution in [0.2, 0.25) is 0 Å². The summed E-state index contributed by atoms with van der Waals surface area (Å²) in [7, 11) is 1.75. The second-order valence-corrected chi connectivity index (χ2v) is 6.51. The molecular formula is C20H21FN4O. The maximum atomic E-state index is 13.9. The Kier molecular flexibility index (Phi) is 4.84. The fourth-order valence-corrected chi connectivity index (χ4v) is 3.19. The maximum absolute atomic E-state index is 13.9. The average molecular weight is 352 g/mol. The number of nitrogens with zero attached hydrogens (tertiary/aromatic N) is 3. The van der Waals surface area contributed by atoms with Crippen molar-refractivity contribution in [3.63, 3.8) is 0 Å². The van der Waals surface area contributed by atoms with Gasteiger partial charge in [-0.05, 0) is 44.0 Å². The molecule has 0 aliphatic carbocycles. The first kappa shape index (κ1) is 17.8. The van der Waals surface area contributed by atoms with Crippen LogP contribution in [0.1, 0.15) is 16.7 Å². The Balaban J connectivity index is 1.82. The first-order valence-electron chi connectivity index (χ1n) is 8.35. The van der Waals surface area contributed by atoms with E-state index in [4.69, 9.17) is 0 Å². The van der Waals surface area contributed by atoms with Crippen LogP contribution in [0.3, 0.4) is 0 Å². The van der Waals surface area contributed by atoms with E-state index in [0.29, 0.717) is 11.2 Å². The zero-order valence-corrected chi connectivity index (χ0v) is 15.3. The highest BCUT2D eigenvalue weighted by molar-refractivity contribution is 5.97. The van der Waals surface area contributed by atoms with Gasteiger partial charge in [0.1, 0.15) is 23.5 Å². The van der Waals surface area contributed by atoms with Crippen molar-refractivity contribution in [3.8, 4) is 0 Å². The summed E-state index contributed by atoms with van der Waals surface area (Å²) >= 11 is 0. The van der Waals surface area contributed by atoms with E-state index in [1.807, 2.05) is 32.9 Å². The van der Waals surface area contributed by atoms with E-state index in [2.05, 4.69) is 15.3 Å². The van der Waals surface area contributed by atoms with Gasteiger partial charge in [0.05, 0.1) is 6.54 Å². The van der Waals surface area contributed by atoms with Gasteiger partial charge in [-0.3, -0.25) is 4.79 Å². The number of hydrogen-bond acceptors (Lipinski definition) is 4. The van der Waals surface area contributed by atoms with Gasteiger partial charge in [0.25, 0.3) is 0 Å². The molecular weight excluding hydrogens is 331 g/mol. The van der Waals surface area contributed by atoms with Crippen molar-refractivity contribution < 1.29 is 9.18 Å². The van der Waals surface area contributed by atoms with Crippen LogP contribution in [-0.4, -0.2) is 29.5 Å². The van der Waals surface area contributed by atoms with Crippen LogP contribution >= 0.6 is 0 Å². The molecule has 0 fully saturated rings. The lowest BCUT2D eigenvalue weighted by Crippen LogP contribution is -2.31. The van der Waals surface area contributed by atoms with Crippen molar-refractivity contribution in [2.24, 2.45) is 0 Å². The molecule has 0 aliphatic rings. The number of fused-ring (bicyclic) bond motifs is 1. The van der Waals surface area contributed by atoms with Gasteiger partial charge >= 0.3 is 0 Å². The number of anilines is 2. The van der Waals surface area contributed by atoms with Crippen LogP contribution in [0.15, 0.2) is 36.7 Å². The summed E-state index contributed by atoms with van der Waals surface area (Å²) in [6.45, 7) is 6.06. The molecule has 1 amide bonds. The molecule has 0 atom stereocenters. The second kappa shape index (κ2) is 7.07. The highest BCUT2D eigenvalue weighted by atomic mass is 19.1. The summed E-state index contributed by atoms with van der Waals surface area (Å²) in [4.78, 5) is 22.4. The second-order valence-electron chi connectivity index (χ2n) is 6.51. The molecule has 0 unspecified atom stereocenters. The van der Waals surface area contributed by atoms with Gasteiger partial charge in [0, 0.05) is 18.1 Å². The Morgan fingerprint density at radius 3 is 2.54 bits per heavy atom. The number of benzene rings is 2. The fraction of sp³-hybridized carbons (Fsp3) is 0.250. The number of aryl methyl sites for hydroxylation is 3. The summed E-state index contributed by atoms with van der Waals surface area (Å²) in [5, 5.41) is 3.54. The number of carbonyl (C=O) groups excluding carboxylic acids is 1. The molecule has 5 nitrogen and oxygen atoms in total. The fourth-order valence-electron chi connectivity index (χ4n) is 3.19. The van der Waals surface area contributed by atoms with Crippen molar-refractivity contribution in [2.45, 2.75) is 20.8 Å². The van der Waals surface area contributed by atoms with Crippen molar-refractivity contribution in [2.75, 3.05) is 23.8 Å². The average Bonchev–Trinajstić information content (AvgIpc) is 2.58. The normalized spacial score (nSPS) is 10.8. The number of carbonyl (C=O) groups is 1. The van der Waals surface area contributed by atoms with Crippen LogP contribution < -0.4 is 10.2 Å². The molecule has 0 spiro atoms. The van der Waals surface area contributed by atoms with E-state index in [1.54, 1.807) is 24.1 Å². The van der Waals surface area contributed by atoms with Crippen LogP contribution in [0.4, 0.5) is 15.9 Å². The molecule has 0 bridgehead atoms. The predicted molar refractivity (Wildman–Crippen MR) is 102 cm³/mol. The van der Waals surface area contributed by atoms with Gasteiger partial charge in [-0.2, -0.15) is 0 Å². The molecule has 0 saturated carbocycles. The molecule has 134 valence electrons. The lowest BCUT2D eigenvalue weighted by atomic mass is 10.1. The third kappa shape index (κ3) is 3.49. The van der Waals surface area contributed by atoms with E-state index in [0.717, 1.165) is 22.4 Å². The number of halogens is 1. The summed E-state index contributed by atoms with van der Waals surface area (Å²) in [6, 6.07) is 8.78. The zero-order valence-electron chi connectivity index (χ0n) is 15.3. The lowest BCUT2D eigenvalue weighted by Gasteiger charge is -2.20. The van der Waals surface area contributed by atoms with Crippen LogP contribution in [-0.2, 0) is 4.79 Å². The predicted octanol–water partition coefficient (Wildman–Crippen LogP) is 3.77. The zero-order chi connectivity index (χ0) is 18.8. The van der Waals surface area contributed by atoms with Gasteiger partial charge in [0.15, 0.2) is 0 Å². The summed E-state index contributed by atoms with van der Waals surface area (Å²) in [5.41, 5.74) is 4.27. The topological polar surface area (TPSA) is 58.1 Å². The number of amides is 1. The minimum atomic E-state index is -0.407. The molecule has 26 heavy (non-hydrogen) atoms. The largest absolute Gasteiger partial charge is 0.350 e. The standard InChI is InChI=1S/C20H21FN4O/c1-12-8-13(2)18(14(3)9-12)24-17(26)10-25(4)20-15-6-5-7-16(21)19(15)22-11-23-20/h5-9,11H,10H2,1-4H3,(H,24,26). The molecule has 0 aliphatic heterocycles. The molecule has 3 aromatic rings. The summed E-state index contributed by atoms with van der Waals surface area (Å²) < 4.78 is 13.9. The number of likely N-dealkylation sites (N-methyl/N-ethyl adjacent to an activating group) is 1. The smallest absolute Gasteiger partial charge is 0.243 e. The van der Waals surface area contributed by atoms with Gasteiger partial charge in [-0.1, -0.05) is 23.8 Å². The minimum absolute atomic E-state index is 0.0926. The van der Waals surface area contributed by atoms with Crippen molar-refractivity contribution >= 4 is 28.3 Å². The number of aromatic nitrogens is 2. The Morgan fingerprint density at radius 1 is 1.15 bits per heavy atom. The molecule has 6 heteroatoms.